The van der Waals surface area contributed by atoms with Gasteiger partial charge >= 0.3 is 12.2 Å². The normalized spacial score (nSPS) is 16.1. The van der Waals surface area contributed by atoms with Gasteiger partial charge in [0.1, 0.15) is 29.1 Å². The van der Waals surface area contributed by atoms with Gasteiger partial charge in [0, 0.05) is 23.7 Å². The predicted molar refractivity (Wildman–Crippen MR) is 161 cm³/mol. The van der Waals surface area contributed by atoms with Crippen molar-refractivity contribution in [3.05, 3.63) is 53.2 Å². The number of alkyl carbamates (subject to hydrolysis) is 1. The van der Waals surface area contributed by atoms with E-state index in [4.69, 9.17) is 18.9 Å². The number of nitrogens with one attached hydrogen (secondary N) is 1. The summed E-state index contributed by atoms with van der Waals surface area (Å²) in [5.41, 5.74) is 1.79. The Hall–Kier alpha value is -4.88. The van der Waals surface area contributed by atoms with Crippen molar-refractivity contribution in [2.24, 2.45) is 7.05 Å². The van der Waals surface area contributed by atoms with Gasteiger partial charge < -0.3 is 24.3 Å². The average Bonchev–Trinajstić information content (AvgIpc) is 3.67. The molecule has 45 heavy (non-hydrogen) atoms. The number of benzene rings is 1. The van der Waals surface area contributed by atoms with E-state index >= 15 is 4.39 Å². The number of ether oxygens (including phenoxy) is 4. The van der Waals surface area contributed by atoms with Crippen LogP contribution in [0.4, 0.5) is 19.8 Å². The molecule has 4 aromatic rings. The third-order valence-electron chi connectivity index (χ3n) is 7.27. The van der Waals surface area contributed by atoms with Crippen molar-refractivity contribution in [3.63, 3.8) is 0 Å². The number of fused-ring (bicyclic) bond motifs is 3. The van der Waals surface area contributed by atoms with E-state index in [0.717, 1.165) is 0 Å². The van der Waals surface area contributed by atoms with E-state index in [1.807, 2.05) is 6.07 Å². The number of pyridine rings is 1. The van der Waals surface area contributed by atoms with Crippen LogP contribution in [0.2, 0.25) is 0 Å². The summed E-state index contributed by atoms with van der Waals surface area (Å²) < 4.78 is 42.2. The van der Waals surface area contributed by atoms with Crippen LogP contribution in [0.5, 0.6) is 11.5 Å². The van der Waals surface area contributed by atoms with Crippen molar-refractivity contribution in [3.8, 4) is 22.8 Å². The second-order valence-corrected chi connectivity index (χ2v) is 13.1. The maximum atomic E-state index is 15.5. The minimum atomic E-state index is -0.829. The van der Waals surface area contributed by atoms with E-state index in [0.29, 0.717) is 57.6 Å². The fraction of sp³-hybridized carbons (Fsp3) is 0.452. The lowest BCUT2D eigenvalue weighted by Gasteiger charge is -2.29. The number of hydrogen-bond donors (Lipinski definition) is 1. The number of amides is 2. The number of anilines is 1. The van der Waals surface area contributed by atoms with Gasteiger partial charge in [-0.2, -0.15) is 5.10 Å². The lowest BCUT2D eigenvalue weighted by atomic mass is 9.95. The Morgan fingerprint density at radius 1 is 1.04 bits per heavy atom. The molecule has 0 saturated heterocycles. The topological polar surface area (TPSA) is 134 Å². The van der Waals surface area contributed by atoms with Gasteiger partial charge in [-0.3, -0.25) is 14.0 Å². The van der Waals surface area contributed by atoms with Gasteiger partial charge in [0.15, 0.2) is 17.2 Å². The summed E-state index contributed by atoms with van der Waals surface area (Å²) in [6, 6.07) is 6.53. The second kappa shape index (κ2) is 10.9. The molecule has 0 unspecified atom stereocenters. The van der Waals surface area contributed by atoms with E-state index in [-0.39, 0.29) is 25.6 Å². The van der Waals surface area contributed by atoms with Gasteiger partial charge in [-0.25, -0.2) is 14.0 Å². The molecular weight excluding hydrogens is 585 g/mol. The quantitative estimate of drug-likeness (QED) is 0.331. The van der Waals surface area contributed by atoms with Gasteiger partial charge in [-0.1, -0.05) is 0 Å². The molecule has 2 amide bonds. The molecule has 0 radical (unpaired) electrons. The monoisotopic (exact) mass is 621 g/mol. The van der Waals surface area contributed by atoms with Gasteiger partial charge in [-0.05, 0) is 65.8 Å². The molecule has 238 valence electrons. The number of aromatic nitrogens is 5. The molecule has 14 heteroatoms. The SMILES string of the molecule is Cn1nc(CNC(=O)OC(C)(C)C)cc1-c1cc2c(n3cnnc13)N(C(=O)OC(C)(C)C)Cc1c(F)ccc3c1[C@H](CO3)CO2. The van der Waals surface area contributed by atoms with Crippen LogP contribution < -0.4 is 19.7 Å². The third kappa shape index (κ3) is 5.96. The summed E-state index contributed by atoms with van der Waals surface area (Å²) >= 11 is 0. The van der Waals surface area contributed by atoms with Crippen LogP contribution >= 0.6 is 0 Å². The Morgan fingerprint density at radius 2 is 1.76 bits per heavy atom. The Balaban J connectivity index is 1.45. The fourth-order valence-corrected chi connectivity index (χ4v) is 5.50. The number of hydrogen-bond acceptors (Lipinski definition) is 9. The first-order valence-corrected chi connectivity index (χ1v) is 14.6. The molecule has 3 aromatic heterocycles. The summed E-state index contributed by atoms with van der Waals surface area (Å²) in [6.07, 6.45) is 0.219. The molecule has 5 heterocycles. The van der Waals surface area contributed by atoms with Crippen LogP contribution in [0.1, 0.15) is 64.3 Å². The summed E-state index contributed by atoms with van der Waals surface area (Å²) in [5, 5.41) is 15.8. The van der Waals surface area contributed by atoms with Crippen LogP contribution in [0, 0.1) is 5.82 Å². The third-order valence-corrected chi connectivity index (χ3v) is 7.27. The summed E-state index contributed by atoms with van der Waals surface area (Å²) in [5.74, 6) is 0.465. The Kier molecular flexibility index (Phi) is 7.32. The van der Waals surface area contributed by atoms with E-state index < -0.39 is 29.2 Å². The number of carbonyl (C=O) groups is 2. The van der Waals surface area contributed by atoms with Crippen LogP contribution in [0.3, 0.4) is 0 Å². The van der Waals surface area contributed by atoms with Gasteiger partial charge in [0.2, 0.25) is 0 Å². The van der Waals surface area contributed by atoms with Crippen LogP contribution in [0.15, 0.2) is 30.6 Å². The molecule has 0 fully saturated rings. The van der Waals surface area contributed by atoms with Crippen molar-refractivity contribution in [1.82, 2.24) is 29.7 Å². The summed E-state index contributed by atoms with van der Waals surface area (Å²) in [4.78, 5) is 27.4. The van der Waals surface area contributed by atoms with Crippen molar-refractivity contribution < 1.29 is 32.9 Å². The van der Waals surface area contributed by atoms with Gasteiger partial charge in [0.25, 0.3) is 0 Å². The Bertz CT molecular complexity index is 1800. The molecule has 1 atom stereocenters. The average molecular weight is 622 g/mol. The minimum absolute atomic E-state index is 0.132. The first kappa shape index (κ1) is 30.2. The zero-order valence-corrected chi connectivity index (χ0v) is 26.3. The number of halogens is 1. The highest BCUT2D eigenvalue weighted by atomic mass is 19.1. The van der Waals surface area contributed by atoms with Crippen molar-refractivity contribution >= 4 is 23.7 Å². The molecule has 1 N–H and O–H groups in total. The first-order valence-electron chi connectivity index (χ1n) is 14.6. The van der Waals surface area contributed by atoms with Crippen molar-refractivity contribution in [2.45, 2.75) is 71.8 Å². The molecule has 2 aliphatic heterocycles. The number of carbonyl (C=O) groups excluding carboxylic acids is 2. The minimum Gasteiger partial charge on any atom is -0.493 e. The smallest absolute Gasteiger partial charge is 0.416 e. The maximum Gasteiger partial charge on any atom is 0.416 e. The highest BCUT2D eigenvalue weighted by molar-refractivity contribution is 5.91. The Labute approximate surface area is 259 Å². The highest BCUT2D eigenvalue weighted by Crippen LogP contribution is 2.44. The molecule has 13 nitrogen and oxygen atoms in total. The second-order valence-electron chi connectivity index (χ2n) is 13.1. The van der Waals surface area contributed by atoms with E-state index in [9.17, 15) is 9.59 Å². The first-order chi connectivity index (χ1) is 21.2. The van der Waals surface area contributed by atoms with Gasteiger partial charge in [-0.15, -0.1) is 10.2 Å². The standard InChI is InChI=1S/C31H36FN7O6/c1-30(2,3)44-28(40)33-12-18-10-22(37(7)36-18)19-11-24-27(39-16-34-35-26(19)39)38(29(41)45-31(4,5)6)13-20-21(32)8-9-23-25(20)17(14-42-23)15-43-24/h8-11,16-17H,12-15H2,1-7H3,(H,33,40)/t17-/m1/s1. The summed E-state index contributed by atoms with van der Waals surface area (Å²) in [7, 11) is 1.77. The fourth-order valence-electron chi connectivity index (χ4n) is 5.50. The lowest BCUT2D eigenvalue weighted by Crippen LogP contribution is -2.38. The number of aryl methyl sites for hydroxylation is 1. The molecular formula is C31H36FN7O6. The van der Waals surface area contributed by atoms with E-state index in [2.05, 4.69) is 20.6 Å². The number of rotatable bonds is 3. The molecule has 0 aliphatic carbocycles. The van der Waals surface area contributed by atoms with E-state index in [1.54, 1.807) is 69.8 Å². The largest absolute Gasteiger partial charge is 0.493 e. The summed E-state index contributed by atoms with van der Waals surface area (Å²) in [6.45, 7) is 11.1. The van der Waals surface area contributed by atoms with Crippen molar-refractivity contribution in [1.29, 1.82) is 0 Å². The predicted octanol–water partition coefficient (Wildman–Crippen LogP) is 5.10. The number of nitrogens with zero attached hydrogens (tertiary/aromatic N) is 6. The zero-order chi connectivity index (χ0) is 32.3. The molecule has 6 rings (SSSR count). The maximum absolute atomic E-state index is 15.5. The van der Waals surface area contributed by atoms with Gasteiger partial charge in [0.05, 0.1) is 43.6 Å². The Morgan fingerprint density at radius 3 is 2.47 bits per heavy atom. The van der Waals surface area contributed by atoms with E-state index in [1.165, 1.54) is 17.3 Å². The zero-order valence-electron chi connectivity index (χ0n) is 26.3. The van der Waals surface area contributed by atoms with Crippen LogP contribution in [-0.4, -0.2) is 61.0 Å². The molecule has 0 spiro atoms. The van der Waals surface area contributed by atoms with Crippen LogP contribution in [-0.2, 0) is 29.6 Å². The van der Waals surface area contributed by atoms with Crippen molar-refractivity contribution in [2.75, 3.05) is 18.1 Å². The molecule has 0 bridgehead atoms. The molecule has 1 aromatic carbocycles. The lowest BCUT2D eigenvalue weighted by molar-refractivity contribution is 0.0520. The highest BCUT2D eigenvalue weighted by Gasteiger charge is 2.37. The van der Waals surface area contributed by atoms with Crippen LogP contribution in [0.25, 0.3) is 16.9 Å². The molecule has 0 saturated carbocycles. The molecule has 2 aliphatic rings.